The zero-order chi connectivity index (χ0) is 28.8. The lowest BCUT2D eigenvalue weighted by atomic mass is 10.0. The molecule has 1 aliphatic heterocycles. The number of pyridine rings is 1. The standard InChI is InChI=1S/C29H29F2N7O3/c1-32-18-26(38-14-12-33-13-15-38)37-23-17-34-11-8-25(23)41-24-7-6-21(16-22(24)31)36-28(40)29(9-10-29)27(39)35-20-4-2-19(30)3-5-20/h2-8,11,16-18,33H,9-10,12-15H2,1H3,(H,35,39)(H,36,40)/b32-18-,37-26+. The van der Waals surface area contributed by atoms with Crippen molar-refractivity contribution in [2.45, 2.75) is 12.8 Å². The summed E-state index contributed by atoms with van der Waals surface area (Å²) in [5.74, 6) is -1.34. The van der Waals surface area contributed by atoms with Crippen LogP contribution in [0.15, 0.2) is 70.9 Å². The Bertz CT molecular complexity index is 1480. The van der Waals surface area contributed by atoms with E-state index in [0.29, 0.717) is 35.8 Å². The van der Waals surface area contributed by atoms with E-state index >= 15 is 4.39 Å². The Balaban J connectivity index is 1.28. The Morgan fingerprint density at radius 2 is 1.68 bits per heavy atom. The van der Waals surface area contributed by atoms with E-state index < -0.39 is 28.9 Å². The number of ether oxygens (including phenoxy) is 1. The van der Waals surface area contributed by atoms with Crippen LogP contribution in [0.4, 0.5) is 25.8 Å². The minimum absolute atomic E-state index is 0.0753. The minimum atomic E-state index is -1.27. The van der Waals surface area contributed by atoms with Crippen molar-refractivity contribution < 1.29 is 23.1 Å². The number of aromatic nitrogens is 1. The molecule has 2 aromatic carbocycles. The second-order valence-electron chi connectivity index (χ2n) is 9.68. The van der Waals surface area contributed by atoms with Crippen LogP contribution in [0.25, 0.3) is 0 Å². The lowest BCUT2D eigenvalue weighted by Crippen LogP contribution is -2.46. The number of rotatable bonds is 8. The Morgan fingerprint density at radius 1 is 1.00 bits per heavy atom. The Morgan fingerprint density at radius 3 is 2.34 bits per heavy atom. The van der Waals surface area contributed by atoms with Gasteiger partial charge in [0.15, 0.2) is 17.3 Å². The first-order valence-electron chi connectivity index (χ1n) is 13.1. The third-order valence-corrected chi connectivity index (χ3v) is 6.81. The van der Waals surface area contributed by atoms with Crippen LogP contribution in [0.2, 0.25) is 0 Å². The van der Waals surface area contributed by atoms with Gasteiger partial charge in [-0.25, -0.2) is 13.8 Å². The second-order valence-corrected chi connectivity index (χ2v) is 9.68. The molecule has 1 saturated carbocycles. The van der Waals surface area contributed by atoms with Crippen molar-refractivity contribution in [1.82, 2.24) is 15.2 Å². The Kier molecular flexibility index (Phi) is 8.29. The summed E-state index contributed by atoms with van der Waals surface area (Å²) in [5, 5.41) is 8.56. The number of piperazine rings is 1. The van der Waals surface area contributed by atoms with Crippen LogP contribution >= 0.6 is 0 Å². The predicted octanol–water partition coefficient (Wildman–Crippen LogP) is 4.15. The molecule has 0 radical (unpaired) electrons. The van der Waals surface area contributed by atoms with E-state index in [2.05, 4.69) is 35.8 Å². The maximum atomic E-state index is 15.1. The van der Waals surface area contributed by atoms with Crippen LogP contribution in [0.1, 0.15) is 12.8 Å². The summed E-state index contributed by atoms with van der Waals surface area (Å²) in [6.07, 6.45) is 5.40. The van der Waals surface area contributed by atoms with Crippen molar-refractivity contribution in [3.63, 3.8) is 0 Å². The summed E-state index contributed by atoms with van der Waals surface area (Å²) >= 11 is 0. The van der Waals surface area contributed by atoms with Gasteiger partial charge in [-0.1, -0.05) is 0 Å². The number of nitrogens with one attached hydrogen (secondary N) is 3. The Hall–Kier alpha value is -4.71. The first kappa shape index (κ1) is 27.8. The zero-order valence-corrected chi connectivity index (χ0v) is 22.4. The average molecular weight is 562 g/mol. The fraction of sp³-hybridized carbons (Fsp3) is 0.276. The van der Waals surface area contributed by atoms with Crippen LogP contribution in [-0.4, -0.2) is 67.0 Å². The van der Waals surface area contributed by atoms with Crippen LogP contribution in [0.5, 0.6) is 11.5 Å². The molecule has 0 bridgehead atoms. The summed E-state index contributed by atoms with van der Waals surface area (Å²) < 4.78 is 34.1. The number of anilines is 2. The molecular formula is C29H29F2N7O3. The van der Waals surface area contributed by atoms with E-state index in [9.17, 15) is 14.0 Å². The van der Waals surface area contributed by atoms with Crippen LogP contribution < -0.4 is 20.7 Å². The fourth-order valence-electron chi connectivity index (χ4n) is 4.35. The first-order valence-corrected chi connectivity index (χ1v) is 13.1. The van der Waals surface area contributed by atoms with Crippen molar-refractivity contribution in [1.29, 1.82) is 0 Å². The monoisotopic (exact) mass is 561 g/mol. The number of aliphatic imine (C=N–C) groups is 2. The maximum absolute atomic E-state index is 15.1. The van der Waals surface area contributed by atoms with Gasteiger partial charge >= 0.3 is 0 Å². The second kappa shape index (κ2) is 12.2. The molecule has 2 fully saturated rings. The molecule has 5 rings (SSSR count). The van der Waals surface area contributed by atoms with E-state index in [0.717, 1.165) is 32.2 Å². The van der Waals surface area contributed by atoms with Gasteiger partial charge in [0.25, 0.3) is 0 Å². The molecule has 3 aromatic rings. The van der Waals surface area contributed by atoms with Crippen molar-refractivity contribution >= 4 is 40.9 Å². The van der Waals surface area contributed by atoms with Gasteiger partial charge in [0.05, 0.1) is 12.4 Å². The lowest BCUT2D eigenvalue weighted by Gasteiger charge is -2.28. The number of nitrogens with zero attached hydrogens (tertiary/aromatic N) is 4. The number of amides is 2. The number of carbonyl (C=O) groups excluding carboxylic acids is 2. The summed E-state index contributed by atoms with van der Waals surface area (Å²) in [6, 6.07) is 10.9. The summed E-state index contributed by atoms with van der Waals surface area (Å²) in [7, 11) is 1.66. The molecule has 1 aliphatic carbocycles. The van der Waals surface area contributed by atoms with E-state index in [4.69, 9.17) is 4.74 Å². The highest BCUT2D eigenvalue weighted by molar-refractivity contribution is 6.30. The highest BCUT2D eigenvalue weighted by Gasteiger charge is 2.56. The number of carbonyl (C=O) groups is 2. The lowest BCUT2D eigenvalue weighted by molar-refractivity contribution is -0.131. The molecule has 0 unspecified atom stereocenters. The minimum Gasteiger partial charge on any atom is -0.452 e. The largest absolute Gasteiger partial charge is 0.452 e. The van der Waals surface area contributed by atoms with Gasteiger partial charge in [-0.3, -0.25) is 19.6 Å². The van der Waals surface area contributed by atoms with Gasteiger partial charge in [-0.05, 0) is 49.2 Å². The van der Waals surface area contributed by atoms with Crippen LogP contribution in [0.3, 0.4) is 0 Å². The quantitative estimate of drug-likeness (QED) is 0.216. The van der Waals surface area contributed by atoms with Crippen LogP contribution in [0, 0.1) is 17.0 Å². The molecule has 3 N–H and O–H groups in total. The van der Waals surface area contributed by atoms with Crippen molar-refractivity contribution in [2.24, 2.45) is 15.4 Å². The SMILES string of the molecule is C/N=C\C(=N/c1cnccc1Oc1ccc(NC(=O)C2(C(=O)Nc3ccc(F)cc3)CC2)cc1F)N1CCNCC1. The first-order chi connectivity index (χ1) is 19.9. The van der Waals surface area contributed by atoms with Crippen molar-refractivity contribution in [2.75, 3.05) is 43.9 Å². The van der Waals surface area contributed by atoms with E-state index in [1.165, 1.54) is 48.8 Å². The molecule has 2 amide bonds. The van der Waals surface area contributed by atoms with Gasteiger partial charge in [-0.2, -0.15) is 0 Å². The summed E-state index contributed by atoms with van der Waals surface area (Å²) in [5.41, 5.74) is -0.312. The fourth-order valence-corrected chi connectivity index (χ4v) is 4.35. The predicted molar refractivity (Wildman–Crippen MR) is 152 cm³/mol. The van der Waals surface area contributed by atoms with Gasteiger partial charge in [-0.15, -0.1) is 0 Å². The molecule has 41 heavy (non-hydrogen) atoms. The normalized spacial score (nSPS) is 16.4. The van der Waals surface area contributed by atoms with E-state index in [1.54, 1.807) is 19.3 Å². The van der Waals surface area contributed by atoms with E-state index in [-0.39, 0.29) is 11.4 Å². The highest BCUT2D eigenvalue weighted by atomic mass is 19.1. The van der Waals surface area contributed by atoms with E-state index in [1.807, 2.05) is 0 Å². The molecule has 1 saturated heterocycles. The molecule has 0 atom stereocenters. The third-order valence-electron chi connectivity index (χ3n) is 6.81. The molecule has 212 valence electrons. The highest BCUT2D eigenvalue weighted by Crippen LogP contribution is 2.47. The number of halogens is 2. The maximum Gasteiger partial charge on any atom is 0.240 e. The molecule has 1 aromatic heterocycles. The summed E-state index contributed by atoms with van der Waals surface area (Å²) in [6.45, 7) is 3.17. The molecule has 12 heteroatoms. The number of amidine groups is 1. The molecule has 2 heterocycles. The number of benzene rings is 2. The topological polar surface area (TPSA) is 120 Å². The summed E-state index contributed by atoms with van der Waals surface area (Å²) in [4.78, 5) is 40.8. The van der Waals surface area contributed by atoms with Gasteiger partial charge in [0, 0.05) is 62.9 Å². The van der Waals surface area contributed by atoms with Crippen molar-refractivity contribution in [3.05, 3.63) is 72.6 Å². The molecular weight excluding hydrogens is 532 g/mol. The Labute approximate surface area is 235 Å². The molecule has 10 nitrogen and oxygen atoms in total. The van der Waals surface area contributed by atoms with Gasteiger partial charge in [0.2, 0.25) is 11.8 Å². The smallest absolute Gasteiger partial charge is 0.240 e. The third kappa shape index (κ3) is 6.55. The number of hydrogen-bond donors (Lipinski definition) is 3. The average Bonchev–Trinajstić information content (AvgIpc) is 3.79. The van der Waals surface area contributed by atoms with Gasteiger partial charge < -0.3 is 25.6 Å². The van der Waals surface area contributed by atoms with Crippen LogP contribution in [-0.2, 0) is 9.59 Å². The molecule has 0 spiro atoms. The van der Waals surface area contributed by atoms with Crippen molar-refractivity contribution in [3.8, 4) is 11.5 Å². The van der Waals surface area contributed by atoms with Gasteiger partial charge in [0.1, 0.15) is 22.8 Å². The number of hydrogen-bond acceptors (Lipinski definition) is 7. The molecule has 2 aliphatic rings. The zero-order valence-electron chi connectivity index (χ0n) is 22.4.